The number of nitrogens with zero attached hydrogens (tertiary/aromatic N) is 1. The lowest BCUT2D eigenvalue weighted by Crippen LogP contribution is -1.89. The highest BCUT2D eigenvalue weighted by Crippen LogP contribution is 2.37. The van der Waals surface area contributed by atoms with Crippen molar-refractivity contribution in [1.82, 2.24) is 4.37 Å². The van der Waals surface area contributed by atoms with E-state index in [1.54, 1.807) is 18.6 Å². The minimum atomic E-state index is 0.871. The topological polar surface area (TPSA) is 22.1 Å². The molecule has 1 heterocycles. The lowest BCUT2D eigenvalue weighted by atomic mass is 9.97. The van der Waals surface area contributed by atoms with Crippen molar-refractivity contribution in [3.05, 3.63) is 59.3 Å². The number of aryl methyl sites for hydroxylation is 2. The van der Waals surface area contributed by atoms with Crippen LogP contribution in [0.1, 0.15) is 16.7 Å². The maximum Gasteiger partial charge on any atom is 0.118 e. The van der Waals surface area contributed by atoms with Crippen LogP contribution in [0, 0.1) is 20.8 Å². The van der Waals surface area contributed by atoms with Crippen LogP contribution in [0.2, 0.25) is 0 Å². The molecule has 0 spiro atoms. The van der Waals surface area contributed by atoms with Gasteiger partial charge in [-0.3, -0.25) is 0 Å². The molecule has 0 amide bonds. The molecule has 0 saturated carbocycles. The molecule has 1 aromatic heterocycles. The summed E-state index contributed by atoms with van der Waals surface area (Å²) >= 11 is 1.55. The van der Waals surface area contributed by atoms with Gasteiger partial charge in [0.1, 0.15) is 5.75 Å². The van der Waals surface area contributed by atoms with E-state index in [1.807, 2.05) is 18.3 Å². The molecule has 0 aliphatic heterocycles. The van der Waals surface area contributed by atoms with E-state index in [2.05, 4.69) is 49.4 Å². The summed E-state index contributed by atoms with van der Waals surface area (Å²) in [5.41, 5.74) is 7.59. The molecule has 0 saturated heterocycles. The van der Waals surface area contributed by atoms with Gasteiger partial charge in [-0.15, -0.1) is 0 Å². The van der Waals surface area contributed by atoms with E-state index in [0.29, 0.717) is 0 Å². The summed E-state index contributed by atoms with van der Waals surface area (Å²) in [6, 6.07) is 12.6. The number of ether oxygens (including phenoxy) is 1. The molecule has 112 valence electrons. The molecule has 0 unspecified atom stereocenters. The highest BCUT2D eigenvalue weighted by atomic mass is 32.1. The van der Waals surface area contributed by atoms with Crippen molar-refractivity contribution in [3.8, 4) is 27.3 Å². The number of rotatable bonds is 3. The quantitative estimate of drug-likeness (QED) is 0.645. The highest BCUT2D eigenvalue weighted by Gasteiger charge is 2.12. The van der Waals surface area contributed by atoms with Gasteiger partial charge in [0.15, 0.2) is 0 Å². The molecule has 3 rings (SSSR count). The largest absolute Gasteiger partial charge is 0.497 e. The van der Waals surface area contributed by atoms with Gasteiger partial charge in [-0.25, -0.2) is 0 Å². The zero-order chi connectivity index (χ0) is 15.7. The monoisotopic (exact) mass is 309 g/mol. The first-order valence-corrected chi connectivity index (χ1v) is 8.05. The van der Waals surface area contributed by atoms with Crippen molar-refractivity contribution >= 4 is 11.5 Å². The Morgan fingerprint density at radius 2 is 1.55 bits per heavy atom. The lowest BCUT2D eigenvalue weighted by Gasteiger charge is -2.10. The molecule has 3 heteroatoms. The van der Waals surface area contributed by atoms with E-state index in [0.717, 1.165) is 5.75 Å². The van der Waals surface area contributed by atoms with E-state index in [1.165, 1.54) is 38.3 Å². The van der Waals surface area contributed by atoms with Crippen LogP contribution >= 0.6 is 11.5 Å². The van der Waals surface area contributed by atoms with Crippen LogP contribution in [0.25, 0.3) is 21.6 Å². The Morgan fingerprint density at radius 3 is 2.14 bits per heavy atom. The van der Waals surface area contributed by atoms with Gasteiger partial charge in [0.05, 0.1) is 12.0 Å². The number of benzene rings is 2. The molecule has 2 nitrogen and oxygen atoms in total. The summed E-state index contributed by atoms with van der Waals surface area (Å²) in [4.78, 5) is 1.22. The Kier molecular flexibility index (Phi) is 3.99. The smallest absolute Gasteiger partial charge is 0.118 e. The summed E-state index contributed by atoms with van der Waals surface area (Å²) in [7, 11) is 1.68. The van der Waals surface area contributed by atoms with Crippen LogP contribution < -0.4 is 4.74 Å². The summed E-state index contributed by atoms with van der Waals surface area (Å²) in [5, 5.41) is 0. The summed E-state index contributed by atoms with van der Waals surface area (Å²) in [6.07, 6.45) is 1.95. The van der Waals surface area contributed by atoms with Crippen molar-refractivity contribution < 1.29 is 4.74 Å². The molecule has 0 atom stereocenters. The third-order valence-electron chi connectivity index (χ3n) is 4.16. The average molecular weight is 309 g/mol. The Labute approximate surface area is 135 Å². The molecule has 22 heavy (non-hydrogen) atoms. The number of methoxy groups -OCH3 is 1. The molecule has 2 aromatic carbocycles. The standard InChI is InChI=1S/C19H19NOS/c1-12-9-16(10-13(2)14(12)3)19-18(11-20-22-19)15-5-7-17(21-4)8-6-15/h5-11H,1-4H3. The molecule has 0 radical (unpaired) electrons. The van der Waals surface area contributed by atoms with Gasteiger partial charge < -0.3 is 4.74 Å². The van der Waals surface area contributed by atoms with Gasteiger partial charge in [-0.05, 0) is 72.3 Å². The zero-order valence-corrected chi connectivity index (χ0v) is 14.1. The molecular weight excluding hydrogens is 290 g/mol. The van der Waals surface area contributed by atoms with Crippen LogP contribution in [0.3, 0.4) is 0 Å². The summed E-state index contributed by atoms with van der Waals surface area (Å²) in [6.45, 7) is 6.51. The van der Waals surface area contributed by atoms with Gasteiger partial charge >= 0.3 is 0 Å². The van der Waals surface area contributed by atoms with Crippen molar-refractivity contribution in [2.75, 3.05) is 7.11 Å². The second kappa shape index (κ2) is 5.93. The predicted octanol–water partition coefficient (Wildman–Crippen LogP) is 5.41. The minimum absolute atomic E-state index is 0.871. The first-order valence-electron chi connectivity index (χ1n) is 7.27. The second-order valence-corrected chi connectivity index (χ2v) is 6.33. The SMILES string of the molecule is COc1ccc(-c2cnsc2-c2cc(C)c(C)c(C)c2)cc1. The van der Waals surface area contributed by atoms with Crippen LogP contribution in [0.15, 0.2) is 42.6 Å². The molecular formula is C19H19NOS. The van der Waals surface area contributed by atoms with Crippen molar-refractivity contribution in [2.45, 2.75) is 20.8 Å². The Hall–Kier alpha value is -2.13. The normalized spacial score (nSPS) is 10.7. The van der Waals surface area contributed by atoms with Crippen molar-refractivity contribution in [1.29, 1.82) is 0 Å². The maximum absolute atomic E-state index is 5.23. The fourth-order valence-electron chi connectivity index (χ4n) is 2.59. The summed E-state index contributed by atoms with van der Waals surface area (Å²) in [5.74, 6) is 0.871. The van der Waals surface area contributed by atoms with Gasteiger partial charge in [0, 0.05) is 11.8 Å². The zero-order valence-electron chi connectivity index (χ0n) is 13.3. The predicted molar refractivity (Wildman–Crippen MR) is 93.7 cm³/mol. The molecule has 3 aromatic rings. The van der Waals surface area contributed by atoms with E-state index in [9.17, 15) is 0 Å². The Bertz CT molecular complexity index is 780. The average Bonchev–Trinajstić information content (AvgIpc) is 3.01. The molecule has 0 N–H and O–H groups in total. The van der Waals surface area contributed by atoms with E-state index in [4.69, 9.17) is 4.74 Å². The molecule has 0 aliphatic rings. The lowest BCUT2D eigenvalue weighted by molar-refractivity contribution is 0.415. The Morgan fingerprint density at radius 1 is 0.909 bits per heavy atom. The van der Waals surface area contributed by atoms with Crippen LogP contribution in [-0.2, 0) is 0 Å². The van der Waals surface area contributed by atoms with Crippen molar-refractivity contribution in [3.63, 3.8) is 0 Å². The maximum atomic E-state index is 5.23. The highest BCUT2D eigenvalue weighted by molar-refractivity contribution is 7.10. The summed E-state index contributed by atoms with van der Waals surface area (Å²) < 4.78 is 9.64. The number of aromatic nitrogens is 1. The molecule has 0 fully saturated rings. The van der Waals surface area contributed by atoms with Crippen molar-refractivity contribution in [2.24, 2.45) is 0 Å². The fourth-order valence-corrected chi connectivity index (χ4v) is 3.35. The van der Waals surface area contributed by atoms with E-state index < -0.39 is 0 Å². The van der Waals surface area contributed by atoms with E-state index in [-0.39, 0.29) is 0 Å². The molecule has 0 bridgehead atoms. The molecule has 0 aliphatic carbocycles. The first kappa shape index (κ1) is 14.8. The third kappa shape index (κ3) is 2.64. The van der Waals surface area contributed by atoms with Crippen LogP contribution in [-0.4, -0.2) is 11.5 Å². The fraction of sp³-hybridized carbons (Fsp3) is 0.211. The van der Waals surface area contributed by atoms with Gasteiger partial charge in [-0.2, -0.15) is 4.37 Å². The van der Waals surface area contributed by atoms with Gasteiger partial charge in [0.2, 0.25) is 0 Å². The van der Waals surface area contributed by atoms with E-state index >= 15 is 0 Å². The van der Waals surface area contributed by atoms with Gasteiger partial charge in [-0.1, -0.05) is 24.3 Å². The number of hydrogen-bond donors (Lipinski definition) is 0. The minimum Gasteiger partial charge on any atom is -0.497 e. The Balaban J connectivity index is 2.08. The second-order valence-electron chi connectivity index (χ2n) is 5.53. The third-order valence-corrected chi connectivity index (χ3v) is 5.01. The van der Waals surface area contributed by atoms with Gasteiger partial charge in [0.25, 0.3) is 0 Å². The van der Waals surface area contributed by atoms with Crippen LogP contribution in [0.4, 0.5) is 0 Å². The van der Waals surface area contributed by atoms with Crippen LogP contribution in [0.5, 0.6) is 5.75 Å². The number of hydrogen-bond acceptors (Lipinski definition) is 3. The first-order chi connectivity index (χ1) is 10.6.